The quantitative estimate of drug-likeness (QED) is 0.846. The summed E-state index contributed by atoms with van der Waals surface area (Å²) in [4.78, 5) is 14.2. The van der Waals surface area contributed by atoms with Crippen molar-refractivity contribution in [3.63, 3.8) is 0 Å². The number of aliphatic hydroxyl groups is 1. The van der Waals surface area contributed by atoms with Crippen molar-refractivity contribution in [1.29, 1.82) is 0 Å². The van der Waals surface area contributed by atoms with Crippen LogP contribution in [0.25, 0.3) is 0 Å². The Balaban J connectivity index is 2.40. The highest BCUT2D eigenvalue weighted by Crippen LogP contribution is 2.31. The second-order valence-corrected chi connectivity index (χ2v) is 4.71. The Hall–Kier alpha value is -1.59. The zero-order valence-electron chi connectivity index (χ0n) is 11.3. The molecule has 1 saturated heterocycles. The number of carbonyl (C=O) groups excluding carboxylic acids is 1. The molecule has 1 heterocycles. The Bertz CT molecular complexity index is 450. The summed E-state index contributed by atoms with van der Waals surface area (Å²) in [6.07, 6.45) is 0.834. The lowest BCUT2D eigenvalue weighted by molar-refractivity contribution is -0.121. The van der Waals surface area contributed by atoms with Crippen LogP contribution in [-0.4, -0.2) is 43.4 Å². The van der Waals surface area contributed by atoms with Crippen LogP contribution in [0, 0.1) is 0 Å². The lowest BCUT2D eigenvalue weighted by Crippen LogP contribution is -2.48. The van der Waals surface area contributed by atoms with Gasteiger partial charge < -0.3 is 20.1 Å². The van der Waals surface area contributed by atoms with Crippen molar-refractivity contribution in [3.8, 4) is 5.75 Å². The molecule has 104 valence electrons. The van der Waals surface area contributed by atoms with Gasteiger partial charge >= 0.3 is 0 Å². The van der Waals surface area contributed by atoms with Crippen LogP contribution in [0.4, 0.5) is 5.69 Å². The molecule has 0 aliphatic carbocycles. The largest absolute Gasteiger partial charge is 0.495 e. The van der Waals surface area contributed by atoms with Crippen LogP contribution in [0.1, 0.15) is 13.3 Å². The van der Waals surface area contributed by atoms with Crippen molar-refractivity contribution in [2.75, 3.05) is 25.2 Å². The van der Waals surface area contributed by atoms with E-state index in [1.807, 2.05) is 31.2 Å². The van der Waals surface area contributed by atoms with Gasteiger partial charge in [-0.25, -0.2) is 0 Å². The summed E-state index contributed by atoms with van der Waals surface area (Å²) in [7, 11) is 1.59. The number of amides is 1. The molecule has 19 heavy (non-hydrogen) atoms. The van der Waals surface area contributed by atoms with Crippen LogP contribution in [0.2, 0.25) is 0 Å². The summed E-state index contributed by atoms with van der Waals surface area (Å²) < 4.78 is 5.33. The van der Waals surface area contributed by atoms with E-state index in [4.69, 9.17) is 4.74 Å². The molecule has 2 unspecified atom stereocenters. The topological polar surface area (TPSA) is 61.8 Å². The predicted octanol–water partition coefficient (Wildman–Crippen LogP) is 0.771. The zero-order chi connectivity index (χ0) is 13.8. The third-order valence-corrected chi connectivity index (χ3v) is 3.46. The molecule has 5 nitrogen and oxygen atoms in total. The SMILES string of the molecule is COc1ccccc1N1C(=O)C(CO)NCCC1C. The van der Waals surface area contributed by atoms with Gasteiger partial charge in [-0.3, -0.25) is 4.79 Å². The fraction of sp³-hybridized carbons (Fsp3) is 0.500. The summed E-state index contributed by atoms with van der Waals surface area (Å²) in [6.45, 7) is 2.52. The molecular formula is C14H20N2O3. The van der Waals surface area contributed by atoms with Gasteiger partial charge in [0.2, 0.25) is 5.91 Å². The zero-order valence-corrected chi connectivity index (χ0v) is 11.3. The van der Waals surface area contributed by atoms with Gasteiger partial charge in [-0.1, -0.05) is 12.1 Å². The second kappa shape index (κ2) is 6.04. The van der Waals surface area contributed by atoms with Gasteiger partial charge in [-0.15, -0.1) is 0 Å². The predicted molar refractivity (Wildman–Crippen MR) is 73.4 cm³/mol. The second-order valence-electron chi connectivity index (χ2n) is 4.71. The number of rotatable bonds is 3. The van der Waals surface area contributed by atoms with Crippen LogP contribution in [0.5, 0.6) is 5.75 Å². The first-order chi connectivity index (χ1) is 9.19. The minimum atomic E-state index is -0.546. The summed E-state index contributed by atoms with van der Waals surface area (Å²) in [5.74, 6) is 0.554. The highest BCUT2D eigenvalue weighted by molar-refractivity contribution is 5.99. The fourth-order valence-electron chi connectivity index (χ4n) is 2.40. The van der Waals surface area contributed by atoms with Gasteiger partial charge in [0.05, 0.1) is 19.4 Å². The third kappa shape index (κ3) is 2.72. The van der Waals surface area contributed by atoms with Crippen LogP contribution in [0.15, 0.2) is 24.3 Å². The molecule has 2 N–H and O–H groups in total. The molecule has 2 atom stereocenters. The normalized spacial score (nSPS) is 24.2. The molecule has 0 radical (unpaired) electrons. The number of nitrogens with one attached hydrogen (secondary N) is 1. The van der Waals surface area contributed by atoms with Crippen molar-refractivity contribution >= 4 is 11.6 Å². The maximum atomic E-state index is 12.5. The molecule has 2 rings (SSSR count). The first kappa shape index (κ1) is 13.8. The number of methoxy groups -OCH3 is 1. The maximum Gasteiger partial charge on any atom is 0.246 e. The van der Waals surface area contributed by atoms with E-state index in [0.717, 1.165) is 12.1 Å². The van der Waals surface area contributed by atoms with E-state index in [0.29, 0.717) is 12.3 Å². The average Bonchev–Trinajstić information content (AvgIpc) is 2.57. The lowest BCUT2D eigenvalue weighted by Gasteiger charge is -2.30. The fourth-order valence-corrected chi connectivity index (χ4v) is 2.40. The molecule has 0 aromatic heterocycles. The van der Waals surface area contributed by atoms with Crippen molar-refractivity contribution < 1.29 is 14.6 Å². The van der Waals surface area contributed by atoms with E-state index in [2.05, 4.69) is 5.32 Å². The van der Waals surface area contributed by atoms with Crippen LogP contribution in [0.3, 0.4) is 0 Å². The molecule has 1 amide bonds. The van der Waals surface area contributed by atoms with Crippen molar-refractivity contribution in [2.24, 2.45) is 0 Å². The molecule has 0 spiro atoms. The number of carbonyl (C=O) groups is 1. The molecule has 1 aliphatic rings. The van der Waals surface area contributed by atoms with Gasteiger partial charge in [-0.05, 0) is 32.0 Å². The van der Waals surface area contributed by atoms with Gasteiger partial charge in [-0.2, -0.15) is 0 Å². The van der Waals surface area contributed by atoms with Crippen molar-refractivity contribution in [3.05, 3.63) is 24.3 Å². The summed E-state index contributed by atoms with van der Waals surface area (Å²) >= 11 is 0. The molecule has 0 bridgehead atoms. The first-order valence-electron chi connectivity index (χ1n) is 6.49. The number of aliphatic hydroxyl groups excluding tert-OH is 1. The molecule has 1 fully saturated rings. The smallest absolute Gasteiger partial charge is 0.246 e. The van der Waals surface area contributed by atoms with Crippen LogP contribution >= 0.6 is 0 Å². The standard InChI is InChI=1S/C14H20N2O3/c1-10-7-8-15-11(9-17)14(18)16(10)12-5-3-4-6-13(12)19-2/h3-6,10-11,15,17H,7-9H2,1-2H3. The number of ether oxygens (including phenoxy) is 1. The number of benzene rings is 1. The lowest BCUT2D eigenvalue weighted by atomic mass is 10.1. The van der Waals surface area contributed by atoms with Gasteiger partial charge in [0.25, 0.3) is 0 Å². The summed E-state index contributed by atoms with van der Waals surface area (Å²) in [6, 6.07) is 6.97. The monoisotopic (exact) mass is 264 g/mol. The number of para-hydroxylation sites is 2. The Morgan fingerprint density at radius 2 is 2.21 bits per heavy atom. The molecule has 5 heteroatoms. The minimum absolute atomic E-state index is 0.0628. The highest BCUT2D eigenvalue weighted by atomic mass is 16.5. The van der Waals surface area contributed by atoms with Gasteiger partial charge in [0.15, 0.2) is 0 Å². The van der Waals surface area contributed by atoms with Crippen molar-refractivity contribution in [1.82, 2.24) is 5.32 Å². The van der Waals surface area contributed by atoms with Crippen LogP contribution in [-0.2, 0) is 4.79 Å². The summed E-state index contributed by atoms with van der Waals surface area (Å²) in [5.41, 5.74) is 0.754. The molecule has 1 aromatic carbocycles. The Morgan fingerprint density at radius 1 is 1.47 bits per heavy atom. The Kier molecular flexibility index (Phi) is 4.39. The van der Waals surface area contributed by atoms with Gasteiger partial charge in [0, 0.05) is 6.04 Å². The number of nitrogens with zero attached hydrogens (tertiary/aromatic N) is 1. The number of hydrogen-bond acceptors (Lipinski definition) is 4. The molecular weight excluding hydrogens is 244 g/mol. The van der Waals surface area contributed by atoms with E-state index in [-0.39, 0.29) is 18.6 Å². The van der Waals surface area contributed by atoms with E-state index in [1.165, 1.54) is 0 Å². The summed E-state index contributed by atoms with van der Waals surface area (Å²) in [5, 5.41) is 12.4. The first-order valence-corrected chi connectivity index (χ1v) is 6.49. The van der Waals surface area contributed by atoms with E-state index >= 15 is 0 Å². The Morgan fingerprint density at radius 3 is 2.89 bits per heavy atom. The molecule has 1 aliphatic heterocycles. The van der Waals surface area contributed by atoms with E-state index < -0.39 is 6.04 Å². The van der Waals surface area contributed by atoms with Crippen LogP contribution < -0.4 is 15.0 Å². The molecule has 0 saturated carbocycles. The third-order valence-electron chi connectivity index (χ3n) is 3.46. The Labute approximate surface area is 113 Å². The highest BCUT2D eigenvalue weighted by Gasteiger charge is 2.32. The average molecular weight is 264 g/mol. The minimum Gasteiger partial charge on any atom is -0.495 e. The number of hydrogen-bond donors (Lipinski definition) is 2. The van der Waals surface area contributed by atoms with E-state index in [9.17, 15) is 9.90 Å². The van der Waals surface area contributed by atoms with E-state index in [1.54, 1.807) is 12.0 Å². The van der Waals surface area contributed by atoms with Gasteiger partial charge in [0.1, 0.15) is 11.8 Å². The van der Waals surface area contributed by atoms with Crippen molar-refractivity contribution in [2.45, 2.75) is 25.4 Å². The molecule has 1 aromatic rings. The number of anilines is 1. The maximum absolute atomic E-state index is 12.5.